The molecule has 0 aliphatic heterocycles. The maximum Gasteiger partial charge on any atom is 0.181 e. The predicted molar refractivity (Wildman–Crippen MR) is 127 cm³/mol. The van der Waals surface area contributed by atoms with E-state index in [1.807, 2.05) is 66.3 Å². The van der Waals surface area contributed by atoms with E-state index in [0.717, 1.165) is 29.1 Å². The summed E-state index contributed by atoms with van der Waals surface area (Å²) in [6.45, 7) is 2.14. The number of oxime groups is 1. The normalized spacial score (nSPS) is 12.5. The van der Waals surface area contributed by atoms with Crippen molar-refractivity contribution >= 4 is 11.5 Å². The molecule has 0 aliphatic rings. The molecular formula is C25H26N6O. The van der Waals surface area contributed by atoms with Crippen molar-refractivity contribution in [3.05, 3.63) is 101 Å². The van der Waals surface area contributed by atoms with E-state index in [-0.39, 0.29) is 11.9 Å². The molecule has 0 saturated carbocycles. The van der Waals surface area contributed by atoms with Gasteiger partial charge >= 0.3 is 0 Å². The lowest BCUT2D eigenvalue weighted by atomic mass is 10.0. The summed E-state index contributed by atoms with van der Waals surface area (Å²) >= 11 is 0. The molecule has 0 radical (unpaired) electrons. The molecule has 0 saturated heterocycles. The molecule has 1 atom stereocenters. The fourth-order valence-electron chi connectivity index (χ4n) is 3.61. The van der Waals surface area contributed by atoms with E-state index in [9.17, 15) is 0 Å². The van der Waals surface area contributed by atoms with E-state index in [1.54, 1.807) is 0 Å². The Kier molecular flexibility index (Phi) is 6.17. The zero-order chi connectivity index (χ0) is 22.5. The molecule has 0 fully saturated rings. The standard InChI is InChI=1S/C25H26N6O/c1-3-17-8-7-11-20(16-17)22(27-21-14-12-18(13-15-21)23(26)30-32)25-28-24(29-31(25)2)19-9-5-4-6-10-19/h4-16,22,27,32H,3H2,1-2H3,(H2,26,30). The SMILES string of the molecule is CCc1cccc(C(Nc2ccc(/C(N)=N/O)cc2)c2nc(-c3ccccc3)nn2C)c1. The summed E-state index contributed by atoms with van der Waals surface area (Å²) in [5, 5.41) is 20.2. The molecule has 4 N–H and O–H groups in total. The van der Waals surface area contributed by atoms with Crippen LogP contribution in [0.5, 0.6) is 0 Å². The van der Waals surface area contributed by atoms with Gasteiger partial charge in [-0.05, 0) is 41.8 Å². The van der Waals surface area contributed by atoms with Gasteiger partial charge in [-0.25, -0.2) is 4.98 Å². The summed E-state index contributed by atoms with van der Waals surface area (Å²) in [5.41, 5.74) is 10.5. The number of anilines is 1. The van der Waals surface area contributed by atoms with Gasteiger partial charge in [0.1, 0.15) is 6.04 Å². The molecule has 32 heavy (non-hydrogen) atoms. The number of amidine groups is 1. The van der Waals surface area contributed by atoms with Crippen molar-refractivity contribution in [2.24, 2.45) is 17.9 Å². The molecule has 0 bridgehead atoms. The first-order chi connectivity index (χ1) is 15.6. The van der Waals surface area contributed by atoms with Crippen molar-refractivity contribution in [2.75, 3.05) is 5.32 Å². The number of hydrogen-bond donors (Lipinski definition) is 3. The maximum atomic E-state index is 8.91. The van der Waals surface area contributed by atoms with Crippen LogP contribution in [0.4, 0.5) is 5.69 Å². The fourth-order valence-corrected chi connectivity index (χ4v) is 3.61. The van der Waals surface area contributed by atoms with Crippen molar-refractivity contribution in [2.45, 2.75) is 19.4 Å². The van der Waals surface area contributed by atoms with Gasteiger partial charge in [-0.2, -0.15) is 5.10 Å². The van der Waals surface area contributed by atoms with Crippen LogP contribution in [-0.4, -0.2) is 25.8 Å². The lowest BCUT2D eigenvalue weighted by molar-refractivity contribution is 0.318. The third-order valence-corrected chi connectivity index (χ3v) is 5.38. The van der Waals surface area contributed by atoms with Crippen LogP contribution >= 0.6 is 0 Å². The second-order valence-corrected chi connectivity index (χ2v) is 7.52. The number of rotatable bonds is 7. The Morgan fingerprint density at radius 3 is 2.50 bits per heavy atom. The van der Waals surface area contributed by atoms with Crippen molar-refractivity contribution in [3.63, 3.8) is 0 Å². The number of aryl methyl sites for hydroxylation is 2. The van der Waals surface area contributed by atoms with Crippen LogP contribution in [0.3, 0.4) is 0 Å². The summed E-state index contributed by atoms with van der Waals surface area (Å²) in [6, 6.07) is 25.6. The lowest BCUT2D eigenvalue weighted by Gasteiger charge is -2.20. The van der Waals surface area contributed by atoms with E-state index in [1.165, 1.54) is 5.56 Å². The molecule has 4 rings (SSSR count). The summed E-state index contributed by atoms with van der Waals surface area (Å²) < 4.78 is 1.82. The molecule has 1 heterocycles. The lowest BCUT2D eigenvalue weighted by Crippen LogP contribution is -2.18. The Labute approximate surface area is 187 Å². The molecule has 0 amide bonds. The van der Waals surface area contributed by atoms with E-state index < -0.39 is 0 Å². The Bertz CT molecular complexity index is 1210. The van der Waals surface area contributed by atoms with E-state index in [4.69, 9.17) is 15.9 Å². The number of nitrogens with one attached hydrogen (secondary N) is 1. The summed E-state index contributed by atoms with van der Waals surface area (Å²) in [5.74, 6) is 1.56. The highest BCUT2D eigenvalue weighted by Crippen LogP contribution is 2.28. The molecular weight excluding hydrogens is 400 g/mol. The van der Waals surface area contributed by atoms with Gasteiger partial charge in [0.2, 0.25) is 0 Å². The van der Waals surface area contributed by atoms with Gasteiger partial charge in [0.05, 0.1) is 0 Å². The molecule has 7 heteroatoms. The first-order valence-electron chi connectivity index (χ1n) is 10.5. The van der Waals surface area contributed by atoms with Crippen molar-refractivity contribution in [1.29, 1.82) is 0 Å². The Balaban J connectivity index is 1.74. The maximum absolute atomic E-state index is 8.91. The zero-order valence-electron chi connectivity index (χ0n) is 18.1. The highest BCUT2D eigenvalue weighted by molar-refractivity contribution is 5.97. The number of hydrogen-bond acceptors (Lipinski definition) is 5. The van der Waals surface area contributed by atoms with Crippen molar-refractivity contribution < 1.29 is 5.21 Å². The average Bonchev–Trinajstić information content (AvgIpc) is 3.24. The smallest absolute Gasteiger partial charge is 0.181 e. The van der Waals surface area contributed by atoms with Gasteiger partial charge in [0.25, 0.3) is 0 Å². The summed E-state index contributed by atoms with van der Waals surface area (Å²) in [7, 11) is 1.91. The highest BCUT2D eigenvalue weighted by atomic mass is 16.4. The van der Waals surface area contributed by atoms with E-state index >= 15 is 0 Å². The minimum absolute atomic E-state index is 0.0737. The second-order valence-electron chi connectivity index (χ2n) is 7.52. The highest BCUT2D eigenvalue weighted by Gasteiger charge is 2.22. The van der Waals surface area contributed by atoms with Crippen molar-refractivity contribution in [3.8, 4) is 11.4 Å². The minimum Gasteiger partial charge on any atom is -0.409 e. The summed E-state index contributed by atoms with van der Waals surface area (Å²) in [4.78, 5) is 4.88. The van der Waals surface area contributed by atoms with Crippen LogP contribution in [0, 0.1) is 0 Å². The number of nitrogens with two attached hydrogens (primary N) is 1. The molecule has 4 aromatic rings. The van der Waals surface area contributed by atoms with Gasteiger partial charge < -0.3 is 16.3 Å². The molecule has 1 aromatic heterocycles. The van der Waals surface area contributed by atoms with Crippen LogP contribution in [0.25, 0.3) is 11.4 Å². The first kappa shape index (κ1) is 21.1. The van der Waals surface area contributed by atoms with Crippen molar-refractivity contribution in [1.82, 2.24) is 14.8 Å². The summed E-state index contributed by atoms with van der Waals surface area (Å²) in [6.07, 6.45) is 0.948. The fraction of sp³-hybridized carbons (Fsp3) is 0.160. The quantitative estimate of drug-likeness (QED) is 0.177. The Morgan fingerprint density at radius 2 is 1.81 bits per heavy atom. The Hall–Kier alpha value is -4.13. The molecule has 0 spiro atoms. The Morgan fingerprint density at radius 1 is 1.06 bits per heavy atom. The minimum atomic E-state index is -0.217. The zero-order valence-corrected chi connectivity index (χ0v) is 18.1. The molecule has 162 valence electrons. The molecule has 0 aliphatic carbocycles. The topological polar surface area (TPSA) is 101 Å². The van der Waals surface area contributed by atoms with Crippen LogP contribution in [-0.2, 0) is 13.5 Å². The largest absolute Gasteiger partial charge is 0.409 e. The molecule has 7 nitrogen and oxygen atoms in total. The third kappa shape index (κ3) is 4.46. The molecule has 3 aromatic carbocycles. The second kappa shape index (κ2) is 9.34. The van der Waals surface area contributed by atoms with Gasteiger partial charge in [-0.1, -0.05) is 66.7 Å². The number of nitrogens with zero attached hydrogens (tertiary/aromatic N) is 4. The van der Waals surface area contributed by atoms with Gasteiger partial charge in [0.15, 0.2) is 17.5 Å². The number of aromatic nitrogens is 3. The van der Waals surface area contributed by atoms with Gasteiger partial charge in [-0.15, -0.1) is 0 Å². The average molecular weight is 427 g/mol. The van der Waals surface area contributed by atoms with Crippen LogP contribution in [0.1, 0.15) is 35.5 Å². The van der Waals surface area contributed by atoms with Crippen LogP contribution < -0.4 is 11.1 Å². The third-order valence-electron chi connectivity index (χ3n) is 5.38. The first-order valence-corrected chi connectivity index (χ1v) is 10.5. The van der Waals surface area contributed by atoms with Gasteiger partial charge in [-0.3, -0.25) is 4.68 Å². The number of benzene rings is 3. The van der Waals surface area contributed by atoms with Gasteiger partial charge in [0, 0.05) is 23.9 Å². The van der Waals surface area contributed by atoms with Crippen LogP contribution in [0.2, 0.25) is 0 Å². The van der Waals surface area contributed by atoms with Crippen LogP contribution in [0.15, 0.2) is 84.0 Å². The monoisotopic (exact) mass is 426 g/mol. The van der Waals surface area contributed by atoms with E-state index in [0.29, 0.717) is 11.4 Å². The molecule has 1 unspecified atom stereocenters. The van der Waals surface area contributed by atoms with E-state index in [2.05, 4.69) is 46.8 Å². The predicted octanol–water partition coefficient (Wildman–Crippen LogP) is 4.34.